The maximum absolute atomic E-state index is 13.7. The van der Waals surface area contributed by atoms with Gasteiger partial charge in [0, 0.05) is 17.3 Å². The van der Waals surface area contributed by atoms with Crippen molar-refractivity contribution in [3.05, 3.63) is 59.1 Å². The predicted molar refractivity (Wildman–Crippen MR) is 118 cm³/mol. The minimum absolute atomic E-state index is 0.285. The molecule has 2 saturated heterocycles. The molecule has 3 aliphatic heterocycles. The van der Waals surface area contributed by atoms with Crippen LogP contribution in [0.4, 0.5) is 11.4 Å². The number of fused-ring (bicyclic) bond motifs is 4. The number of imide groups is 1. The second-order valence-corrected chi connectivity index (χ2v) is 9.20. The summed E-state index contributed by atoms with van der Waals surface area (Å²) in [5.74, 6) is -1.61. The van der Waals surface area contributed by atoms with Crippen LogP contribution in [0.3, 0.4) is 0 Å². The Kier molecular flexibility index (Phi) is 4.65. The Labute approximate surface area is 183 Å². The number of para-hydroxylation sites is 2. The van der Waals surface area contributed by atoms with Crippen molar-refractivity contribution in [2.75, 3.05) is 22.2 Å². The summed E-state index contributed by atoms with van der Waals surface area (Å²) in [5.41, 5.74) is 0.510. The van der Waals surface area contributed by atoms with Crippen LogP contribution in [0.25, 0.3) is 0 Å². The second-order valence-electron chi connectivity index (χ2n) is 7.81. The lowest BCUT2D eigenvalue weighted by Gasteiger charge is -2.29. The van der Waals surface area contributed by atoms with Gasteiger partial charge in [-0.25, -0.2) is 4.90 Å². The van der Waals surface area contributed by atoms with Crippen molar-refractivity contribution in [1.29, 1.82) is 0 Å². The van der Waals surface area contributed by atoms with Gasteiger partial charge in [0.25, 0.3) is 0 Å². The number of carbonyl (C=O) groups is 3. The van der Waals surface area contributed by atoms with E-state index in [0.29, 0.717) is 22.8 Å². The number of hydrogen-bond acceptors (Lipinski definition) is 5. The summed E-state index contributed by atoms with van der Waals surface area (Å²) in [6.07, 6.45) is 2.67. The first kappa shape index (κ1) is 19.6. The molecule has 2 aromatic carbocycles. The summed E-state index contributed by atoms with van der Waals surface area (Å²) >= 11 is 8.00. The molecule has 6 nitrogen and oxygen atoms in total. The summed E-state index contributed by atoms with van der Waals surface area (Å²) in [6.45, 7) is 0. The SMILES string of the molecule is CSCC[C@@H]1N[C@]2(C(=O)Nc3ccccc32)[C@@H]2C(=O)N(c3ccccc3Cl)C(=O)[C@@H]12. The largest absolute Gasteiger partial charge is 0.324 e. The zero-order chi connectivity index (χ0) is 21.0. The Hall–Kier alpha value is -2.35. The van der Waals surface area contributed by atoms with Gasteiger partial charge in [-0.1, -0.05) is 41.9 Å². The van der Waals surface area contributed by atoms with E-state index in [1.807, 2.05) is 30.5 Å². The van der Waals surface area contributed by atoms with E-state index in [-0.39, 0.29) is 23.8 Å². The summed E-state index contributed by atoms with van der Waals surface area (Å²) in [7, 11) is 0. The summed E-state index contributed by atoms with van der Waals surface area (Å²) in [6, 6.07) is 13.9. The van der Waals surface area contributed by atoms with Gasteiger partial charge in [0.05, 0.1) is 22.5 Å². The number of carbonyl (C=O) groups excluding carboxylic acids is 3. The zero-order valence-corrected chi connectivity index (χ0v) is 17.8. The van der Waals surface area contributed by atoms with E-state index >= 15 is 0 Å². The molecule has 3 amide bonds. The van der Waals surface area contributed by atoms with Crippen LogP contribution in [-0.4, -0.2) is 35.8 Å². The molecule has 154 valence electrons. The third kappa shape index (κ3) is 2.52. The molecule has 0 unspecified atom stereocenters. The fourth-order valence-electron chi connectivity index (χ4n) is 5.12. The van der Waals surface area contributed by atoms with Crippen LogP contribution in [0.1, 0.15) is 12.0 Å². The smallest absolute Gasteiger partial charge is 0.250 e. The molecule has 3 aliphatic rings. The van der Waals surface area contributed by atoms with Crippen LogP contribution in [-0.2, 0) is 19.9 Å². The molecule has 2 fully saturated rings. The van der Waals surface area contributed by atoms with Crippen LogP contribution in [0.2, 0.25) is 5.02 Å². The van der Waals surface area contributed by atoms with Crippen LogP contribution < -0.4 is 15.5 Å². The Morgan fingerprint density at radius 3 is 2.57 bits per heavy atom. The number of hydrogen-bond donors (Lipinski definition) is 2. The molecule has 3 heterocycles. The van der Waals surface area contributed by atoms with E-state index in [9.17, 15) is 14.4 Å². The third-order valence-corrected chi connectivity index (χ3v) is 7.31. The highest BCUT2D eigenvalue weighted by Crippen LogP contribution is 2.54. The molecular weight excluding hydrogens is 422 g/mol. The highest BCUT2D eigenvalue weighted by atomic mass is 35.5. The fraction of sp³-hybridized carbons (Fsp3) is 0.318. The molecule has 0 bridgehead atoms. The Morgan fingerprint density at radius 2 is 1.80 bits per heavy atom. The molecule has 0 aliphatic carbocycles. The first-order chi connectivity index (χ1) is 14.5. The van der Waals surface area contributed by atoms with E-state index in [0.717, 1.165) is 11.3 Å². The lowest BCUT2D eigenvalue weighted by atomic mass is 9.76. The quantitative estimate of drug-likeness (QED) is 0.713. The summed E-state index contributed by atoms with van der Waals surface area (Å²) in [4.78, 5) is 41.7. The minimum Gasteiger partial charge on any atom is -0.324 e. The molecule has 1 spiro atoms. The third-order valence-electron chi connectivity index (χ3n) is 6.35. The van der Waals surface area contributed by atoms with Gasteiger partial charge in [0.2, 0.25) is 17.7 Å². The van der Waals surface area contributed by atoms with Gasteiger partial charge >= 0.3 is 0 Å². The van der Waals surface area contributed by atoms with Crippen molar-refractivity contribution in [3.63, 3.8) is 0 Å². The molecule has 0 aromatic heterocycles. The van der Waals surface area contributed by atoms with Gasteiger partial charge in [-0.15, -0.1) is 0 Å². The van der Waals surface area contributed by atoms with Crippen molar-refractivity contribution >= 4 is 52.5 Å². The maximum atomic E-state index is 13.7. The lowest BCUT2D eigenvalue weighted by Crippen LogP contribution is -2.53. The Bertz CT molecular complexity index is 1080. The van der Waals surface area contributed by atoms with Gasteiger partial charge in [0.1, 0.15) is 5.54 Å². The van der Waals surface area contributed by atoms with E-state index < -0.39 is 17.4 Å². The number of halogens is 1. The highest BCUT2D eigenvalue weighted by Gasteiger charge is 2.70. The van der Waals surface area contributed by atoms with Crippen molar-refractivity contribution in [2.45, 2.75) is 18.0 Å². The number of nitrogens with one attached hydrogen (secondary N) is 2. The fourth-order valence-corrected chi connectivity index (χ4v) is 5.83. The standard InChI is InChI=1S/C22H20ClN3O3S/c1-30-11-10-15-17-18(20(28)26(19(17)27)16-9-5-3-7-13(16)23)22(25-15)12-6-2-4-8-14(12)24-21(22)29/h2-9,15,17-18,25H,10-11H2,1H3,(H,24,29)/t15-,17-,18-,22-/m0/s1. The summed E-state index contributed by atoms with van der Waals surface area (Å²) < 4.78 is 0. The monoisotopic (exact) mass is 441 g/mol. The minimum atomic E-state index is -1.26. The van der Waals surface area contributed by atoms with Gasteiger partial charge < -0.3 is 5.32 Å². The molecule has 2 N–H and O–H groups in total. The van der Waals surface area contributed by atoms with Crippen LogP contribution in [0.15, 0.2) is 48.5 Å². The lowest BCUT2D eigenvalue weighted by molar-refractivity contribution is -0.130. The number of amides is 3. The molecule has 0 radical (unpaired) electrons. The molecule has 5 rings (SSSR count). The van der Waals surface area contributed by atoms with Crippen LogP contribution >= 0.6 is 23.4 Å². The normalized spacial score (nSPS) is 29.5. The Morgan fingerprint density at radius 1 is 1.07 bits per heavy atom. The van der Waals surface area contributed by atoms with E-state index in [2.05, 4.69) is 10.6 Å². The molecular formula is C22H20ClN3O3S. The van der Waals surface area contributed by atoms with Gasteiger partial charge in [0.15, 0.2) is 0 Å². The molecule has 0 saturated carbocycles. The summed E-state index contributed by atoms with van der Waals surface area (Å²) in [5, 5.41) is 6.67. The van der Waals surface area contributed by atoms with E-state index in [1.165, 1.54) is 4.90 Å². The Balaban J connectivity index is 1.66. The van der Waals surface area contributed by atoms with Crippen molar-refractivity contribution in [3.8, 4) is 0 Å². The first-order valence-corrected chi connectivity index (χ1v) is 11.6. The maximum Gasteiger partial charge on any atom is 0.250 e. The van der Waals surface area contributed by atoms with Gasteiger partial charge in [-0.05, 0) is 36.6 Å². The average molecular weight is 442 g/mol. The van der Waals surface area contributed by atoms with Crippen LogP contribution in [0.5, 0.6) is 0 Å². The van der Waals surface area contributed by atoms with Crippen LogP contribution in [0, 0.1) is 11.8 Å². The number of nitrogens with zero attached hydrogens (tertiary/aromatic N) is 1. The van der Waals surface area contributed by atoms with Crippen molar-refractivity contribution in [1.82, 2.24) is 5.32 Å². The van der Waals surface area contributed by atoms with E-state index in [4.69, 9.17) is 11.6 Å². The molecule has 2 aromatic rings. The molecule has 4 atom stereocenters. The zero-order valence-electron chi connectivity index (χ0n) is 16.2. The number of thioether (sulfide) groups is 1. The number of anilines is 2. The highest BCUT2D eigenvalue weighted by molar-refractivity contribution is 7.98. The topological polar surface area (TPSA) is 78.5 Å². The van der Waals surface area contributed by atoms with E-state index in [1.54, 1.807) is 36.0 Å². The van der Waals surface area contributed by atoms with Gasteiger partial charge in [-0.3, -0.25) is 19.7 Å². The van der Waals surface area contributed by atoms with Gasteiger partial charge in [-0.2, -0.15) is 11.8 Å². The average Bonchev–Trinajstić information content (AvgIpc) is 3.32. The van der Waals surface area contributed by atoms with Crippen molar-refractivity contribution < 1.29 is 14.4 Å². The number of rotatable bonds is 4. The predicted octanol–water partition coefficient (Wildman–Crippen LogP) is 3.02. The first-order valence-electron chi connectivity index (χ1n) is 9.80. The second kappa shape index (κ2) is 7.11. The molecule has 8 heteroatoms. The van der Waals surface area contributed by atoms with Crippen molar-refractivity contribution in [2.24, 2.45) is 11.8 Å². The molecule has 30 heavy (non-hydrogen) atoms. The number of benzene rings is 2.